The van der Waals surface area contributed by atoms with Crippen LogP contribution in [0.2, 0.25) is 0 Å². The number of rotatable bonds is 3. The van der Waals surface area contributed by atoms with Crippen molar-refractivity contribution in [1.82, 2.24) is 15.3 Å². The molecule has 1 aromatic heterocycles. The van der Waals surface area contributed by atoms with Crippen molar-refractivity contribution in [3.63, 3.8) is 0 Å². The number of benzene rings is 1. The number of hydrogen-bond donors (Lipinski definition) is 2. The summed E-state index contributed by atoms with van der Waals surface area (Å²) in [4.78, 5) is 9.24. The van der Waals surface area contributed by atoms with Crippen LogP contribution in [0.1, 0.15) is 23.2 Å². The minimum Gasteiger partial charge on any atom is -0.350 e. The van der Waals surface area contributed by atoms with Crippen LogP contribution < -0.4 is 10.6 Å². The summed E-state index contributed by atoms with van der Waals surface area (Å²) in [6, 6.07) is 8.96. The SMILES string of the molecule is Cc1ccc(C)c(-c2cc(C)nc(NC3CCNC3)n2)c1. The van der Waals surface area contributed by atoms with Crippen molar-refractivity contribution in [3.05, 3.63) is 41.1 Å². The Bertz CT molecular complexity index is 645. The molecule has 0 aliphatic carbocycles. The Labute approximate surface area is 126 Å². The molecule has 1 saturated heterocycles. The predicted molar refractivity (Wildman–Crippen MR) is 86.6 cm³/mol. The number of aryl methyl sites for hydroxylation is 3. The van der Waals surface area contributed by atoms with Gasteiger partial charge in [0.1, 0.15) is 0 Å². The molecular formula is C17H22N4. The largest absolute Gasteiger partial charge is 0.350 e. The summed E-state index contributed by atoms with van der Waals surface area (Å²) in [5.41, 5.74) is 5.67. The monoisotopic (exact) mass is 282 g/mol. The predicted octanol–water partition coefficient (Wildman–Crippen LogP) is 2.84. The molecule has 1 aliphatic heterocycles. The van der Waals surface area contributed by atoms with E-state index in [9.17, 15) is 0 Å². The first-order valence-corrected chi connectivity index (χ1v) is 7.52. The molecule has 0 amide bonds. The van der Waals surface area contributed by atoms with Gasteiger partial charge in [-0.25, -0.2) is 9.97 Å². The van der Waals surface area contributed by atoms with Crippen LogP contribution in [0.15, 0.2) is 24.3 Å². The van der Waals surface area contributed by atoms with Gasteiger partial charge >= 0.3 is 0 Å². The van der Waals surface area contributed by atoms with Crippen LogP contribution >= 0.6 is 0 Å². The molecule has 21 heavy (non-hydrogen) atoms. The summed E-state index contributed by atoms with van der Waals surface area (Å²) in [6.07, 6.45) is 1.12. The minimum absolute atomic E-state index is 0.429. The van der Waals surface area contributed by atoms with E-state index in [0.29, 0.717) is 6.04 Å². The Hall–Kier alpha value is -1.94. The van der Waals surface area contributed by atoms with E-state index >= 15 is 0 Å². The topological polar surface area (TPSA) is 49.8 Å². The summed E-state index contributed by atoms with van der Waals surface area (Å²) >= 11 is 0. The molecule has 4 heteroatoms. The van der Waals surface area contributed by atoms with Crippen molar-refractivity contribution < 1.29 is 0 Å². The van der Waals surface area contributed by atoms with Gasteiger partial charge in [0.15, 0.2) is 0 Å². The van der Waals surface area contributed by atoms with E-state index in [1.165, 1.54) is 16.7 Å². The fourth-order valence-electron chi connectivity index (χ4n) is 2.74. The van der Waals surface area contributed by atoms with Crippen molar-refractivity contribution in [2.45, 2.75) is 33.2 Å². The fourth-order valence-corrected chi connectivity index (χ4v) is 2.74. The molecule has 2 N–H and O–H groups in total. The quantitative estimate of drug-likeness (QED) is 0.909. The first-order valence-electron chi connectivity index (χ1n) is 7.52. The number of hydrogen-bond acceptors (Lipinski definition) is 4. The first kappa shape index (κ1) is 14.0. The van der Waals surface area contributed by atoms with Gasteiger partial charge in [0.2, 0.25) is 5.95 Å². The third kappa shape index (κ3) is 3.22. The second kappa shape index (κ2) is 5.82. The minimum atomic E-state index is 0.429. The molecule has 0 saturated carbocycles. The maximum absolute atomic E-state index is 4.72. The van der Waals surface area contributed by atoms with Crippen LogP contribution in [-0.4, -0.2) is 29.1 Å². The molecule has 1 atom stereocenters. The highest BCUT2D eigenvalue weighted by Gasteiger charge is 2.16. The molecule has 4 nitrogen and oxygen atoms in total. The molecule has 3 rings (SSSR count). The van der Waals surface area contributed by atoms with Crippen LogP contribution in [0.4, 0.5) is 5.95 Å². The average molecular weight is 282 g/mol. The van der Waals surface area contributed by atoms with Crippen molar-refractivity contribution in [1.29, 1.82) is 0 Å². The zero-order valence-corrected chi connectivity index (χ0v) is 12.9. The number of anilines is 1. The second-order valence-electron chi connectivity index (χ2n) is 5.87. The van der Waals surface area contributed by atoms with Crippen LogP contribution in [-0.2, 0) is 0 Å². The van der Waals surface area contributed by atoms with E-state index in [1.54, 1.807) is 0 Å². The Morgan fingerprint density at radius 2 is 2.00 bits per heavy atom. The molecule has 0 radical (unpaired) electrons. The van der Waals surface area contributed by atoms with Gasteiger partial charge in [-0.15, -0.1) is 0 Å². The first-order chi connectivity index (χ1) is 10.1. The average Bonchev–Trinajstić information content (AvgIpc) is 2.93. The van der Waals surface area contributed by atoms with Gasteiger partial charge in [-0.1, -0.05) is 17.7 Å². The van der Waals surface area contributed by atoms with Gasteiger partial charge in [0, 0.05) is 23.8 Å². The van der Waals surface area contributed by atoms with Crippen LogP contribution in [0.3, 0.4) is 0 Å². The maximum Gasteiger partial charge on any atom is 0.223 e. The van der Waals surface area contributed by atoms with E-state index in [-0.39, 0.29) is 0 Å². The normalized spacial score (nSPS) is 18.0. The summed E-state index contributed by atoms with van der Waals surface area (Å²) < 4.78 is 0. The Kier molecular flexibility index (Phi) is 3.88. The Balaban J connectivity index is 1.94. The number of nitrogens with zero attached hydrogens (tertiary/aromatic N) is 2. The van der Waals surface area contributed by atoms with Crippen molar-refractivity contribution in [2.24, 2.45) is 0 Å². The molecule has 1 aromatic carbocycles. The molecule has 1 unspecified atom stereocenters. The lowest BCUT2D eigenvalue weighted by Gasteiger charge is -2.14. The molecule has 1 aliphatic rings. The summed E-state index contributed by atoms with van der Waals surface area (Å²) in [6.45, 7) is 8.30. The lowest BCUT2D eigenvalue weighted by Crippen LogP contribution is -2.23. The molecular weight excluding hydrogens is 260 g/mol. The van der Waals surface area contributed by atoms with Crippen LogP contribution in [0, 0.1) is 20.8 Å². The highest BCUT2D eigenvalue weighted by Crippen LogP contribution is 2.24. The molecule has 0 bridgehead atoms. The van der Waals surface area contributed by atoms with Crippen molar-refractivity contribution in [2.75, 3.05) is 18.4 Å². The highest BCUT2D eigenvalue weighted by atomic mass is 15.1. The van der Waals surface area contributed by atoms with Crippen LogP contribution in [0.25, 0.3) is 11.3 Å². The molecule has 0 spiro atoms. The van der Waals surface area contributed by atoms with Gasteiger partial charge in [0.25, 0.3) is 0 Å². The summed E-state index contributed by atoms with van der Waals surface area (Å²) in [5.74, 6) is 0.736. The zero-order valence-electron chi connectivity index (χ0n) is 12.9. The van der Waals surface area contributed by atoms with Gasteiger partial charge in [-0.05, 0) is 51.4 Å². The standard InChI is InChI=1S/C17H22N4/c1-11-4-5-12(2)15(8-11)16-9-13(3)19-17(21-16)20-14-6-7-18-10-14/h4-5,8-9,14,18H,6-7,10H2,1-3H3,(H,19,20,21). The summed E-state index contributed by atoms with van der Waals surface area (Å²) in [7, 11) is 0. The van der Waals surface area contributed by atoms with Gasteiger partial charge in [-0.2, -0.15) is 0 Å². The van der Waals surface area contributed by atoms with E-state index in [0.717, 1.165) is 36.8 Å². The van der Waals surface area contributed by atoms with E-state index in [4.69, 9.17) is 4.98 Å². The molecule has 1 fully saturated rings. The van der Waals surface area contributed by atoms with E-state index in [1.807, 2.05) is 6.92 Å². The van der Waals surface area contributed by atoms with Crippen molar-refractivity contribution >= 4 is 5.95 Å². The van der Waals surface area contributed by atoms with Crippen LogP contribution in [0.5, 0.6) is 0 Å². The number of nitrogens with one attached hydrogen (secondary N) is 2. The number of aromatic nitrogens is 2. The molecule has 2 heterocycles. The van der Waals surface area contributed by atoms with E-state index < -0.39 is 0 Å². The van der Waals surface area contributed by atoms with Gasteiger partial charge in [0.05, 0.1) is 5.69 Å². The molecule has 2 aromatic rings. The van der Waals surface area contributed by atoms with Gasteiger partial charge < -0.3 is 10.6 Å². The lowest BCUT2D eigenvalue weighted by atomic mass is 10.0. The lowest BCUT2D eigenvalue weighted by molar-refractivity contribution is 0.779. The summed E-state index contributed by atoms with van der Waals surface area (Å²) in [5, 5.41) is 6.79. The Morgan fingerprint density at radius 1 is 1.14 bits per heavy atom. The van der Waals surface area contributed by atoms with E-state index in [2.05, 4.69) is 53.7 Å². The third-order valence-corrected chi connectivity index (χ3v) is 3.92. The van der Waals surface area contributed by atoms with Crippen molar-refractivity contribution in [3.8, 4) is 11.3 Å². The third-order valence-electron chi connectivity index (χ3n) is 3.92. The highest BCUT2D eigenvalue weighted by molar-refractivity contribution is 5.65. The smallest absolute Gasteiger partial charge is 0.223 e. The Morgan fingerprint density at radius 3 is 2.76 bits per heavy atom. The molecule has 110 valence electrons. The van der Waals surface area contributed by atoms with Gasteiger partial charge in [-0.3, -0.25) is 0 Å². The maximum atomic E-state index is 4.72. The zero-order chi connectivity index (χ0) is 14.8. The second-order valence-corrected chi connectivity index (χ2v) is 5.87. The fraction of sp³-hybridized carbons (Fsp3) is 0.412.